The van der Waals surface area contributed by atoms with Crippen LogP contribution in [0.25, 0.3) is 16.9 Å². The third-order valence-electron chi connectivity index (χ3n) is 3.20. The van der Waals surface area contributed by atoms with Crippen LogP contribution < -0.4 is 5.32 Å². The summed E-state index contributed by atoms with van der Waals surface area (Å²) in [5.74, 6) is -2.76. The van der Waals surface area contributed by atoms with E-state index in [1.54, 1.807) is 0 Å². The summed E-state index contributed by atoms with van der Waals surface area (Å²) in [6.07, 6.45) is -1.17. The molecule has 3 aromatic rings. The lowest BCUT2D eigenvalue weighted by atomic mass is 10.2. The lowest BCUT2D eigenvalue weighted by Crippen LogP contribution is -2.21. The monoisotopic (exact) mass is 369 g/mol. The third-order valence-corrected chi connectivity index (χ3v) is 3.20. The summed E-state index contributed by atoms with van der Waals surface area (Å²) in [6.45, 7) is -0.0582. The van der Waals surface area contributed by atoms with Gasteiger partial charge in [0.1, 0.15) is 12.3 Å². The topological polar surface area (TPSA) is 66.6 Å². The molecule has 138 valence electrons. The van der Waals surface area contributed by atoms with Gasteiger partial charge in [0, 0.05) is 36.3 Å². The Kier molecular flexibility index (Phi) is 6.16. The Hall–Kier alpha value is -3.10. The number of hydrogen-bond acceptors (Lipinski definition) is 3. The number of carbonyl (C=O) groups is 1. The number of fused-ring (bicyclic) bond motifs is 1. The molecule has 0 saturated heterocycles. The number of benzene rings is 1. The van der Waals surface area contributed by atoms with Crippen molar-refractivity contribution in [2.45, 2.75) is 6.18 Å². The normalized spacial score (nSPS) is 10.9. The summed E-state index contributed by atoms with van der Waals surface area (Å²) in [6, 6.07) is 13.9. The molecule has 2 heterocycles. The van der Waals surface area contributed by atoms with Gasteiger partial charge in [0.05, 0.1) is 5.69 Å². The summed E-state index contributed by atoms with van der Waals surface area (Å²) in [4.78, 5) is 13.5. The zero-order valence-corrected chi connectivity index (χ0v) is 13.4. The Morgan fingerprint density at radius 1 is 1.19 bits per heavy atom. The van der Waals surface area contributed by atoms with Crippen LogP contribution in [-0.2, 0) is 4.79 Å². The van der Waals surface area contributed by atoms with Crippen molar-refractivity contribution >= 4 is 17.3 Å². The van der Waals surface area contributed by atoms with Gasteiger partial charge >= 0.3 is 12.1 Å². The molecule has 2 N–H and O–H groups in total. The molecule has 0 bridgehead atoms. The van der Waals surface area contributed by atoms with Gasteiger partial charge in [-0.05, 0) is 6.07 Å². The largest absolute Gasteiger partial charge is 0.490 e. The van der Waals surface area contributed by atoms with Crippen molar-refractivity contribution in [3.8, 4) is 11.3 Å². The number of pyridine rings is 1. The first-order valence-electron chi connectivity index (χ1n) is 7.45. The number of aromatic nitrogens is 2. The molecule has 0 saturated carbocycles. The Morgan fingerprint density at radius 2 is 1.85 bits per heavy atom. The van der Waals surface area contributed by atoms with Gasteiger partial charge in [0.25, 0.3) is 0 Å². The summed E-state index contributed by atoms with van der Waals surface area (Å²) >= 11 is 0. The molecule has 5 nitrogen and oxygen atoms in total. The van der Waals surface area contributed by atoms with Crippen molar-refractivity contribution in [3.05, 3.63) is 54.9 Å². The van der Waals surface area contributed by atoms with E-state index in [0.29, 0.717) is 6.54 Å². The molecule has 2 aromatic heterocycles. The zero-order chi connectivity index (χ0) is 19.2. The molecule has 0 aliphatic heterocycles. The van der Waals surface area contributed by atoms with Crippen molar-refractivity contribution in [2.75, 3.05) is 18.5 Å². The van der Waals surface area contributed by atoms with Crippen molar-refractivity contribution in [2.24, 2.45) is 0 Å². The molecule has 0 spiro atoms. The van der Waals surface area contributed by atoms with Crippen LogP contribution in [0.2, 0.25) is 0 Å². The standard InChI is InChI=1S/C15H14FN3.C2HF3O2/c16-7-8-17-13-6-9-19-11-14(18-15(19)10-13)12-4-2-1-3-5-12;3-2(4,5)1(6)7/h1-6,9-11,17H,7-8H2;(H,6,7). The van der Waals surface area contributed by atoms with Crippen molar-refractivity contribution in [1.29, 1.82) is 0 Å². The fraction of sp³-hybridized carbons (Fsp3) is 0.176. The van der Waals surface area contributed by atoms with Crippen LogP contribution in [0.4, 0.5) is 23.2 Å². The third kappa shape index (κ3) is 5.20. The van der Waals surface area contributed by atoms with E-state index in [9.17, 15) is 17.6 Å². The fourth-order valence-corrected chi connectivity index (χ4v) is 2.03. The highest BCUT2D eigenvalue weighted by molar-refractivity contribution is 5.73. The maximum atomic E-state index is 12.1. The summed E-state index contributed by atoms with van der Waals surface area (Å²) in [5.41, 5.74) is 3.76. The highest BCUT2D eigenvalue weighted by Crippen LogP contribution is 2.20. The number of hydrogen-bond donors (Lipinski definition) is 2. The predicted molar refractivity (Wildman–Crippen MR) is 88.8 cm³/mol. The minimum Gasteiger partial charge on any atom is -0.475 e. The number of rotatable bonds is 4. The van der Waals surface area contributed by atoms with Gasteiger partial charge in [-0.3, -0.25) is 0 Å². The minimum absolute atomic E-state index is 0.322. The van der Waals surface area contributed by atoms with E-state index in [0.717, 1.165) is 22.6 Å². The van der Waals surface area contributed by atoms with E-state index in [-0.39, 0.29) is 6.67 Å². The molecular weight excluding hydrogens is 354 g/mol. The Labute approximate surface area is 145 Å². The molecule has 0 aliphatic carbocycles. The number of anilines is 1. The predicted octanol–water partition coefficient (Wildman–Crippen LogP) is 4.02. The van der Waals surface area contributed by atoms with Gasteiger partial charge < -0.3 is 14.8 Å². The van der Waals surface area contributed by atoms with Crippen molar-refractivity contribution in [1.82, 2.24) is 9.38 Å². The van der Waals surface area contributed by atoms with Crippen molar-refractivity contribution in [3.63, 3.8) is 0 Å². The lowest BCUT2D eigenvalue weighted by molar-refractivity contribution is -0.192. The van der Waals surface area contributed by atoms with Gasteiger partial charge in [-0.2, -0.15) is 13.2 Å². The van der Waals surface area contributed by atoms with E-state index < -0.39 is 12.1 Å². The molecule has 26 heavy (non-hydrogen) atoms. The number of halogens is 4. The molecule has 0 atom stereocenters. The number of nitrogens with one attached hydrogen (secondary N) is 1. The number of alkyl halides is 4. The molecule has 0 aliphatic rings. The first-order valence-corrected chi connectivity index (χ1v) is 7.45. The average molecular weight is 369 g/mol. The Morgan fingerprint density at radius 3 is 2.42 bits per heavy atom. The molecule has 1 aromatic carbocycles. The number of imidazole rings is 1. The van der Waals surface area contributed by atoms with Gasteiger partial charge in [-0.1, -0.05) is 30.3 Å². The number of carboxylic acids is 1. The van der Waals surface area contributed by atoms with Crippen LogP contribution in [0, 0.1) is 0 Å². The minimum atomic E-state index is -5.08. The van der Waals surface area contributed by atoms with Gasteiger partial charge in [-0.15, -0.1) is 0 Å². The van der Waals surface area contributed by atoms with Crippen LogP contribution in [0.1, 0.15) is 0 Å². The van der Waals surface area contributed by atoms with Gasteiger partial charge in [0.15, 0.2) is 0 Å². The van der Waals surface area contributed by atoms with Crippen LogP contribution >= 0.6 is 0 Å². The second-order valence-electron chi connectivity index (χ2n) is 5.09. The first-order chi connectivity index (χ1) is 12.3. The van der Waals surface area contributed by atoms with E-state index in [1.165, 1.54) is 0 Å². The molecule has 9 heteroatoms. The number of aliphatic carboxylic acids is 1. The second kappa shape index (κ2) is 8.32. The molecule has 0 unspecified atom stereocenters. The molecular formula is C17H15F4N3O2. The summed E-state index contributed by atoms with van der Waals surface area (Å²) in [7, 11) is 0. The SMILES string of the molecule is FCCNc1ccn2cc(-c3ccccc3)nc2c1.O=C(O)C(F)(F)F. The van der Waals surface area contributed by atoms with Crippen LogP contribution in [-0.4, -0.2) is 39.9 Å². The first kappa shape index (κ1) is 19.2. The average Bonchev–Trinajstić information content (AvgIpc) is 3.03. The maximum absolute atomic E-state index is 12.1. The second-order valence-corrected chi connectivity index (χ2v) is 5.09. The highest BCUT2D eigenvalue weighted by atomic mass is 19.4. The summed E-state index contributed by atoms with van der Waals surface area (Å²) in [5, 5.41) is 10.1. The van der Waals surface area contributed by atoms with E-state index >= 15 is 0 Å². The fourth-order valence-electron chi connectivity index (χ4n) is 2.03. The Bertz CT molecular complexity index is 863. The highest BCUT2D eigenvalue weighted by Gasteiger charge is 2.38. The quantitative estimate of drug-likeness (QED) is 0.682. The van der Waals surface area contributed by atoms with Crippen LogP contribution in [0.5, 0.6) is 0 Å². The van der Waals surface area contributed by atoms with Crippen LogP contribution in [0.3, 0.4) is 0 Å². The van der Waals surface area contributed by atoms with Gasteiger partial charge in [0.2, 0.25) is 0 Å². The molecule has 0 radical (unpaired) electrons. The maximum Gasteiger partial charge on any atom is 0.490 e. The van der Waals surface area contributed by atoms with E-state index in [2.05, 4.69) is 10.3 Å². The smallest absolute Gasteiger partial charge is 0.475 e. The van der Waals surface area contributed by atoms with E-state index in [1.807, 2.05) is 59.3 Å². The Balaban J connectivity index is 0.000000298. The van der Waals surface area contributed by atoms with Crippen molar-refractivity contribution < 1.29 is 27.5 Å². The summed E-state index contributed by atoms with van der Waals surface area (Å²) < 4.78 is 45.8. The van der Waals surface area contributed by atoms with E-state index in [4.69, 9.17) is 9.90 Å². The number of carboxylic acid groups (broad SMARTS) is 1. The zero-order valence-electron chi connectivity index (χ0n) is 13.4. The molecule has 3 rings (SSSR count). The molecule has 0 fully saturated rings. The lowest BCUT2D eigenvalue weighted by Gasteiger charge is -2.03. The number of nitrogens with zero attached hydrogens (tertiary/aromatic N) is 2. The molecule has 0 amide bonds. The van der Waals surface area contributed by atoms with Crippen LogP contribution in [0.15, 0.2) is 54.9 Å². The van der Waals surface area contributed by atoms with Gasteiger partial charge in [-0.25, -0.2) is 14.2 Å².